The van der Waals surface area contributed by atoms with Crippen molar-refractivity contribution >= 4 is 38.3 Å². The third-order valence-electron chi connectivity index (χ3n) is 3.86. The molecule has 3 aromatic rings. The molecule has 0 spiro atoms. The largest absolute Gasteiger partial charge is 0.320 e. The van der Waals surface area contributed by atoms with Crippen molar-refractivity contribution < 1.29 is 17.6 Å². The Balaban J connectivity index is 1.84. The molecule has 0 heterocycles. The number of sulfone groups is 1. The number of benzene rings is 3. The van der Waals surface area contributed by atoms with Crippen LogP contribution < -0.4 is 5.32 Å². The predicted molar refractivity (Wildman–Crippen MR) is 101 cm³/mol. The van der Waals surface area contributed by atoms with Crippen molar-refractivity contribution in [3.63, 3.8) is 0 Å². The number of halogens is 1. The van der Waals surface area contributed by atoms with Gasteiger partial charge in [0.15, 0.2) is 9.84 Å². The maximum absolute atomic E-state index is 13.9. The zero-order valence-corrected chi connectivity index (χ0v) is 14.8. The standard InChI is InChI=1S/C20H16FNO3S/c1-26(24,25)16-10-11-18(21)19(13-16)22-20(23)12-9-15-7-4-6-14-5-2-3-8-17(14)15/h2-13H,1H3,(H,22,23)/b12-9+. The Hall–Kier alpha value is -2.99. The lowest BCUT2D eigenvalue weighted by Gasteiger charge is -2.06. The van der Waals surface area contributed by atoms with Gasteiger partial charge in [0.2, 0.25) is 5.91 Å². The quantitative estimate of drug-likeness (QED) is 0.558. The van der Waals surface area contributed by atoms with E-state index < -0.39 is 21.6 Å². The van der Waals surface area contributed by atoms with E-state index in [-0.39, 0.29) is 10.6 Å². The lowest BCUT2D eigenvalue weighted by molar-refractivity contribution is -0.111. The topological polar surface area (TPSA) is 63.2 Å². The van der Waals surface area contributed by atoms with E-state index in [4.69, 9.17) is 0 Å². The minimum atomic E-state index is -3.49. The first-order chi connectivity index (χ1) is 12.3. The highest BCUT2D eigenvalue weighted by Crippen LogP contribution is 2.21. The summed E-state index contributed by atoms with van der Waals surface area (Å²) in [4.78, 5) is 12.1. The summed E-state index contributed by atoms with van der Waals surface area (Å²) in [6.45, 7) is 0. The van der Waals surface area contributed by atoms with Crippen molar-refractivity contribution in [1.82, 2.24) is 0 Å². The first-order valence-electron chi connectivity index (χ1n) is 7.81. The molecule has 0 radical (unpaired) electrons. The molecule has 0 aromatic heterocycles. The van der Waals surface area contributed by atoms with Crippen LogP contribution in [0.25, 0.3) is 16.8 Å². The molecule has 0 aliphatic carbocycles. The summed E-state index contributed by atoms with van der Waals surface area (Å²) in [7, 11) is -3.49. The zero-order valence-electron chi connectivity index (χ0n) is 13.9. The van der Waals surface area contributed by atoms with E-state index in [0.717, 1.165) is 40.8 Å². The molecule has 0 saturated carbocycles. The molecule has 0 bridgehead atoms. The molecule has 1 N–H and O–H groups in total. The van der Waals surface area contributed by atoms with Gasteiger partial charge >= 0.3 is 0 Å². The number of carbonyl (C=O) groups excluding carboxylic acids is 1. The number of anilines is 1. The van der Waals surface area contributed by atoms with Gasteiger partial charge in [0.25, 0.3) is 0 Å². The molecule has 6 heteroatoms. The first-order valence-corrected chi connectivity index (χ1v) is 9.70. The minimum absolute atomic E-state index is 0.0627. The molecule has 0 aliphatic rings. The van der Waals surface area contributed by atoms with Crippen LogP contribution >= 0.6 is 0 Å². The highest BCUT2D eigenvalue weighted by Gasteiger charge is 2.12. The van der Waals surface area contributed by atoms with Gasteiger partial charge in [-0.1, -0.05) is 42.5 Å². The van der Waals surface area contributed by atoms with Gasteiger partial charge in [0.1, 0.15) is 5.82 Å². The fraction of sp³-hybridized carbons (Fsp3) is 0.0500. The van der Waals surface area contributed by atoms with Gasteiger partial charge in [-0.3, -0.25) is 4.79 Å². The first kappa shape index (κ1) is 17.8. The Labute approximate surface area is 150 Å². The molecular weight excluding hydrogens is 353 g/mol. The molecule has 1 amide bonds. The molecule has 26 heavy (non-hydrogen) atoms. The van der Waals surface area contributed by atoms with Crippen LogP contribution in [0.3, 0.4) is 0 Å². The smallest absolute Gasteiger partial charge is 0.248 e. The van der Waals surface area contributed by atoms with Crippen LogP contribution in [0.1, 0.15) is 5.56 Å². The van der Waals surface area contributed by atoms with Crippen LogP contribution in [0.4, 0.5) is 10.1 Å². The normalized spacial score (nSPS) is 11.8. The lowest BCUT2D eigenvalue weighted by Crippen LogP contribution is -2.10. The van der Waals surface area contributed by atoms with Crippen LogP contribution in [-0.4, -0.2) is 20.6 Å². The number of hydrogen-bond donors (Lipinski definition) is 1. The molecule has 3 rings (SSSR count). The van der Waals surface area contributed by atoms with Gasteiger partial charge in [-0.2, -0.15) is 0 Å². The highest BCUT2D eigenvalue weighted by atomic mass is 32.2. The van der Waals surface area contributed by atoms with E-state index in [9.17, 15) is 17.6 Å². The Bertz CT molecular complexity index is 1120. The summed E-state index contributed by atoms with van der Waals surface area (Å²) in [5.74, 6) is -1.26. The van der Waals surface area contributed by atoms with Gasteiger partial charge in [-0.25, -0.2) is 12.8 Å². The monoisotopic (exact) mass is 369 g/mol. The van der Waals surface area contributed by atoms with Crippen molar-refractivity contribution in [2.45, 2.75) is 4.90 Å². The minimum Gasteiger partial charge on any atom is -0.320 e. The second-order valence-electron chi connectivity index (χ2n) is 5.80. The van der Waals surface area contributed by atoms with Gasteiger partial charge < -0.3 is 5.32 Å². The third kappa shape index (κ3) is 3.97. The second-order valence-corrected chi connectivity index (χ2v) is 7.82. The van der Waals surface area contributed by atoms with Crippen LogP contribution in [0.15, 0.2) is 71.6 Å². The van der Waals surface area contributed by atoms with Crippen LogP contribution in [0, 0.1) is 5.82 Å². The lowest BCUT2D eigenvalue weighted by atomic mass is 10.0. The number of carbonyl (C=O) groups is 1. The summed E-state index contributed by atoms with van der Waals surface area (Å²) >= 11 is 0. The van der Waals surface area contributed by atoms with E-state index in [0.29, 0.717) is 0 Å². The summed E-state index contributed by atoms with van der Waals surface area (Å²) in [5, 5.41) is 4.41. The van der Waals surface area contributed by atoms with Crippen molar-refractivity contribution in [2.24, 2.45) is 0 Å². The van der Waals surface area contributed by atoms with Crippen LogP contribution in [0.5, 0.6) is 0 Å². The number of amides is 1. The van der Waals surface area contributed by atoms with Gasteiger partial charge in [-0.05, 0) is 40.6 Å². The predicted octanol–water partition coefficient (Wildman–Crippen LogP) is 4.03. The summed E-state index contributed by atoms with van der Waals surface area (Å²) < 4.78 is 37.0. The van der Waals surface area contributed by atoms with E-state index >= 15 is 0 Å². The number of hydrogen-bond acceptors (Lipinski definition) is 3. The SMILES string of the molecule is CS(=O)(=O)c1ccc(F)c(NC(=O)/C=C/c2cccc3ccccc23)c1. The summed E-state index contributed by atoms with van der Waals surface area (Å²) in [6.07, 6.45) is 3.94. The van der Waals surface area contributed by atoms with Gasteiger partial charge in [-0.15, -0.1) is 0 Å². The Morgan fingerprint density at radius 1 is 1.04 bits per heavy atom. The van der Waals surface area contributed by atoms with Gasteiger partial charge in [0.05, 0.1) is 10.6 Å². The Morgan fingerprint density at radius 2 is 1.77 bits per heavy atom. The molecule has 132 valence electrons. The Morgan fingerprint density at radius 3 is 2.54 bits per heavy atom. The molecule has 4 nitrogen and oxygen atoms in total. The number of nitrogens with one attached hydrogen (secondary N) is 1. The second kappa shape index (κ2) is 7.09. The van der Waals surface area contributed by atoms with E-state index in [1.165, 1.54) is 6.08 Å². The maximum atomic E-state index is 13.9. The molecule has 0 fully saturated rings. The average Bonchev–Trinajstić information content (AvgIpc) is 2.61. The number of fused-ring (bicyclic) bond motifs is 1. The van der Waals surface area contributed by atoms with Crippen molar-refractivity contribution in [3.8, 4) is 0 Å². The molecular formula is C20H16FNO3S. The zero-order chi connectivity index (χ0) is 18.7. The third-order valence-corrected chi connectivity index (χ3v) is 4.97. The highest BCUT2D eigenvalue weighted by molar-refractivity contribution is 7.90. The van der Waals surface area contributed by atoms with Crippen molar-refractivity contribution in [2.75, 3.05) is 11.6 Å². The van der Waals surface area contributed by atoms with Crippen LogP contribution in [0.2, 0.25) is 0 Å². The van der Waals surface area contributed by atoms with E-state index in [1.807, 2.05) is 42.5 Å². The Kier molecular flexibility index (Phi) is 4.86. The summed E-state index contributed by atoms with van der Waals surface area (Å²) in [5.41, 5.74) is 0.670. The van der Waals surface area contributed by atoms with Crippen molar-refractivity contribution in [3.05, 3.63) is 78.1 Å². The molecule has 0 saturated heterocycles. The fourth-order valence-corrected chi connectivity index (χ4v) is 3.21. The fourth-order valence-electron chi connectivity index (χ4n) is 2.57. The van der Waals surface area contributed by atoms with Crippen LogP contribution in [-0.2, 0) is 14.6 Å². The molecule has 0 atom stereocenters. The summed E-state index contributed by atoms with van der Waals surface area (Å²) in [6, 6.07) is 16.8. The molecule has 3 aromatic carbocycles. The van der Waals surface area contributed by atoms with Crippen molar-refractivity contribution in [1.29, 1.82) is 0 Å². The van der Waals surface area contributed by atoms with E-state index in [1.54, 1.807) is 6.08 Å². The maximum Gasteiger partial charge on any atom is 0.248 e. The number of rotatable bonds is 4. The van der Waals surface area contributed by atoms with Gasteiger partial charge in [0, 0.05) is 12.3 Å². The molecule has 0 unspecified atom stereocenters. The van der Waals surface area contributed by atoms with E-state index in [2.05, 4.69) is 5.32 Å². The average molecular weight is 369 g/mol. The molecule has 0 aliphatic heterocycles.